The van der Waals surface area contributed by atoms with E-state index in [0.717, 1.165) is 17.2 Å². The summed E-state index contributed by atoms with van der Waals surface area (Å²) in [6.07, 6.45) is 1.84. The molecule has 190 valence electrons. The van der Waals surface area contributed by atoms with Gasteiger partial charge in [-0.25, -0.2) is 0 Å². The van der Waals surface area contributed by atoms with Gasteiger partial charge in [0.1, 0.15) is 0 Å². The summed E-state index contributed by atoms with van der Waals surface area (Å²) in [7, 11) is 0. The van der Waals surface area contributed by atoms with E-state index in [1.165, 1.54) is 27.8 Å². The molecule has 0 unspecified atom stereocenters. The molecule has 0 atom stereocenters. The fraction of sp³-hybridized carbons (Fsp3) is 0.379. The zero-order chi connectivity index (χ0) is 24.4. The number of aromatic nitrogens is 1. The van der Waals surface area contributed by atoms with Gasteiger partial charge in [0.25, 0.3) is 0 Å². The van der Waals surface area contributed by atoms with Gasteiger partial charge in [-0.15, -0.1) is 24.8 Å². The van der Waals surface area contributed by atoms with Crippen LogP contribution in [0.1, 0.15) is 75.1 Å². The van der Waals surface area contributed by atoms with Crippen molar-refractivity contribution < 1.29 is 24.8 Å². The zero-order valence-corrected chi connectivity index (χ0v) is 25.5. The van der Waals surface area contributed by atoms with E-state index in [-0.39, 0.29) is 35.6 Å². The van der Waals surface area contributed by atoms with E-state index in [4.69, 9.17) is 6.64 Å². The molecule has 0 aliphatic carbocycles. The fourth-order valence-corrected chi connectivity index (χ4v) is 5.80. The molecule has 1 heterocycles. The average molecular weight is 552 g/mol. The topological polar surface area (TPSA) is 31.4 Å². The van der Waals surface area contributed by atoms with Crippen LogP contribution in [0, 0.1) is 20.8 Å². The van der Waals surface area contributed by atoms with Crippen LogP contribution >= 0.6 is 24.8 Å². The molecule has 3 rings (SSSR count). The van der Waals surface area contributed by atoms with Crippen molar-refractivity contribution in [2.75, 3.05) is 0 Å². The third-order valence-electron chi connectivity index (χ3n) is 5.51. The van der Waals surface area contributed by atoms with E-state index < -0.39 is 18.2 Å². The summed E-state index contributed by atoms with van der Waals surface area (Å²) < 4.78 is 15.6. The largest absolute Gasteiger partial charge is 0.147 e. The van der Waals surface area contributed by atoms with E-state index in [0.29, 0.717) is 0 Å². The Hall–Kier alpha value is -1.65. The molecule has 0 fully saturated rings. The molecule has 0 aliphatic rings. The van der Waals surface area contributed by atoms with Gasteiger partial charge in [-0.3, -0.25) is 0 Å². The third-order valence-corrected chi connectivity index (χ3v) is 7.65. The molecule has 0 N–H and O–H groups in total. The van der Waals surface area contributed by atoms with Crippen LogP contribution in [0.15, 0.2) is 54.7 Å². The van der Waals surface area contributed by atoms with Crippen LogP contribution in [0.2, 0.25) is 0 Å². The number of halogens is 2. The summed E-state index contributed by atoms with van der Waals surface area (Å²) >= 11 is -2.70. The Labute approximate surface area is 230 Å². The van der Waals surface area contributed by atoms with Gasteiger partial charge < -0.3 is 0 Å². The van der Waals surface area contributed by atoms with Gasteiger partial charge in [0.15, 0.2) is 0 Å². The summed E-state index contributed by atoms with van der Waals surface area (Å²) in [5, 5.41) is 0. The van der Waals surface area contributed by atoms with Gasteiger partial charge in [0.2, 0.25) is 0 Å². The first kappa shape index (κ1) is 31.4. The maximum Gasteiger partial charge on any atom is -0.147 e. The van der Waals surface area contributed by atoms with E-state index in [2.05, 4.69) is 114 Å². The van der Waals surface area contributed by atoms with Crippen molar-refractivity contribution in [3.05, 3.63) is 88.2 Å². The van der Waals surface area contributed by atoms with Crippen LogP contribution in [0.4, 0.5) is 0 Å². The SMILES string of the molecule is Cc1ccnc([CH]=[Ti]([O]c2ccc(C)cc2C(C)(C)C)[O]c2ccc(C)cc2C(C)(C)C)c1.Cl.Cl. The van der Waals surface area contributed by atoms with Crippen molar-refractivity contribution in [1.29, 1.82) is 0 Å². The second-order valence-corrected chi connectivity index (χ2v) is 13.0. The van der Waals surface area contributed by atoms with Gasteiger partial charge in [0, 0.05) is 0 Å². The Morgan fingerprint density at radius 2 is 1.09 bits per heavy atom. The minimum Gasteiger partial charge on any atom is -0.147 e. The molecule has 0 saturated carbocycles. The first-order valence-electron chi connectivity index (χ1n) is 11.6. The van der Waals surface area contributed by atoms with Crippen molar-refractivity contribution in [3.8, 4) is 11.5 Å². The first-order valence-corrected chi connectivity index (χ1v) is 13.7. The van der Waals surface area contributed by atoms with Gasteiger partial charge >= 0.3 is 207 Å². The Balaban J connectivity index is 0.00000306. The molecule has 35 heavy (non-hydrogen) atoms. The van der Waals surface area contributed by atoms with Crippen LogP contribution < -0.4 is 6.64 Å². The Morgan fingerprint density at radius 3 is 1.49 bits per heavy atom. The fourth-order valence-electron chi connectivity index (χ4n) is 3.69. The van der Waals surface area contributed by atoms with Gasteiger partial charge in [0.05, 0.1) is 0 Å². The number of pyridine rings is 1. The first-order chi connectivity index (χ1) is 15.3. The number of aryl methyl sites for hydroxylation is 3. The van der Waals surface area contributed by atoms with Crippen molar-refractivity contribution in [2.45, 2.75) is 73.1 Å². The third kappa shape index (κ3) is 8.75. The monoisotopic (exact) mass is 551 g/mol. The quantitative estimate of drug-likeness (QED) is 0.299. The Bertz CT molecular complexity index is 1110. The normalized spacial score (nSPS) is 11.1. The van der Waals surface area contributed by atoms with Crippen LogP contribution in [-0.4, -0.2) is 9.30 Å². The standard InChI is InChI=1S/2C11H16O.C7H7N.2ClH.Ti/c2*1-8-5-6-10(12)9(7-8)11(2,3)4;1-6-3-4-8-7(2)5-6;;;/h2*5-7,12H,1-4H3;2-5H,1H3;2*1H;/q;;;;;+2/p-2. The minimum absolute atomic E-state index is 0. The van der Waals surface area contributed by atoms with Crippen LogP contribution in [-0.2, 0) is 29.0 Å². The van der Waals surface area contributed by atoms with Crippen molar-refractivity contribution in [1.82, 2.24) is 4.98 Å². The molecule has 0 radical (unpaired) electrons. The number of hydrogen-bond acceptors (Lipinski definition) is 3. The molecule has 0 aliphatic heterocycles. The molecule has 1 aromatic heterocycles. The minimum atomic E-state index is -2.70. The van der Waals surface area contributed by atoms with Crippen molar-refractivity contribution >= 4 is 29.1 Å². The summed E-state index contributed by atoms with van der Waals surface area (Å²) in [6, 6.07) is 16.9. The van der Waals surface area contributed by atoms with E-state index in [1.54, 1.807) is 0 Å². The molecule has 3 nitrogen and oxygen atoms in total. The molecule has 0 bridgehead atoms. The predicted octanol–water partition coefficient (Wildman–Crippen LogP) is 8.20. The number of rotatable bonds is 5. The number of benzene rings is 2. The molecule has 2 aromatic carbocycles. The van der Waals surface area contributed by atoms with Crippen molar-refractivity contribution in [2.24, 2.45) is 0 Å². The second-order valence-electron chi connectivity index (χ2n) is 10.9. The van der Waals surface area contributed by atoms with Gasteiger partial charge in [-0.2, -0.15) is 0 Å². The van der Waals surface area contributed by atoms with E-state index in [9.17, 15) is 0 Å². The predicted molar refractivity (Wildman–Crippen MR) is 150 cm³/mol. The maximum atomic E-state index is 6.72. The van der Waals surface area contributed by atoms with Crippen molar-refractivity contribution in [3.63, 3.8) is 0 Å². The average Bonchev–Trinajstić information content (AvgIpc) is 2.69. The second kappa shape index (κ2) is 12.5. The maximum absolute atomic E-state index is 6.72. The molecule has 0 amide bonds. The van der Waals surface area contributed by atoms with Gasteiger partial charge in [-0.1, -0.05) is 0 Å². The summed E-state index contributed by atoms with van der Waals surface area (Å²) in [5.41, 5.74) is 6.85. The van der Waals surface area contributed by atoms with Crippen LogP contribution in [0.5, 0.6) is 11.5 Å². The van der Waals surface area contributed by atoms with E-state index in [1.807, 2.05) is 12.3 Å². The number of hydrogen-bond donors (Lipinski definition) is 0. The number of nitrogens with zero attached hydrogens (tertiary/aromatic N) is 1. The molecule has 0 spiro atoms. The molecule has 6 heteroatoms. The molecular formula is C29H39Cl2NO2Ti. The molecule has 3 aromatic rings. The summed E-state index contributed by atoms with van der Waals surface area (Å²) in [5.74, 6) is 1.80. The zero-order valence-electron chi connectivity index (χ0n) is 22.4. The van der Waals surface area contributed by atoms with Crippen LogP contribution in [0.25, 0.3) is 0 Å². The van der Waals surface area contributed by atoms with Crippen LogP contribution in [0.3, 0.4) is 0 Å². The smallest absolute Gasteiger partial charge is 0.147 e. The van der Waals surface area contributed by atoms with Gasteiger partial charge in [-0.05, 0) is 0 Å². The summed E-state index contributed by atoms with van der Waals surface area (Å²) in [4.78, 5) is 4.56. The Morgan fingerprint density at radius 1 is 0.657 bits per heavy atom. The summed E-state index contributed by atoms with van der Waals surface area (Å²) in [6.45, 7) is 19.6. The molecule has 0 saturated heterocycles. The Kier molecular flexibility index (Phi) is 11.2. The van der Waals surface area contributed by atoms with E-state index >= 15 is 0 Å². The molecular weight excluding hydrogens is 513 g/mol.